The van der Waals surface area contributed by atoms with Gasteiger partial charge in [-0.05, 0) is 24.1 Å². The van der Waals surface area contributed by atoms with Gasteiger partial charge in [-0.25, -0.2) is 8.78 Å². The number of piperazine rings is 1. The average Bonchev–Trinajstić information content (AvgIpc) is 2.52. The van der Waals surface area contributed by atoms with E-state index >= 15 is 0 Å². The Morgan fingerprint density at radius 3 is 2.27 bits per heavy atom. The van der Waals surface area contributed by atoms with Crippen LogP contribution in [0.25, 0.3) is 0 Å². The van der Waals surface area contributed by atoms with Crippen LogP contribution in [0.3, 0.4) is 0 Å². The van der Waals surface area contributed by atoms with Crippen molar-refractivity contribution in [1.82, 2.24) is 10.2 Å². The minimum Gasteiger partial charge on any atom is -0.493 e. The average molecular weight is 314 g/mol. The summed E-state index contributed by atoms with van der Waals surface area (Å²) >= 11 is 0. The van der Waals surface area contributed by atoms with E-state index in [2.05, 4.69) is 10.2 Å². The molecule has 0 atom stereocenters. The number of nitrogens with zero attached hydrogens (tertiary/aromatic N) is 1. The largest absolute Gasteiger partial charge is 0.493 e. The lowest BCUT2D eigenvalue weighted by Gasteiger charge is -2.28. The molecule has 6 heteroatoms. The summed E-state index contributed by atoms with van der Waals surface area (Å²) in [6, 6.07) is 3.07. The quantitative estimate of drug-likeness (QED) is 0.873. The summed E-state index contributed by atoms with van der Waals surface area (Å²) in [5.74, 6) is -2.08. The van der Waals surface area contributed by atoms with E-state index in [0.717, 1.165) is 39.6 Å². The summed E-state index contributed by atoms with van der Waals surface area (Å²) in [6.45, 7) is 5.48. The van der Waals surface area contributed by atoms with E-state index in [1.165, 1.54) is 20.3 Å². The van der Waals surface area contributed by atoms with E-state index in [0.29, 0.717) is 23.5 Å². The SMILES string of the molecule is COc1cc(CCN2CCNCC2)c(C(C)(F)F)cc1OC. The highest BCUT2D eigenvalue weighted by atomic mass is 19.3. The number of methoxy groups -OCH3 is 2. The second kappa shape index (κ2) is 7.24. The molecule has 1 N–H and O–H groups in total. The van der Waals surface area contributed by atoms with Crippen molar-refractivity contribution < 1.29 is 18.3 Å². The molecule has 0 unspecified atom stereocenters. The van der Waals surface area contributed by atoms with Gasteiger partial charge in [0.05, 0.1) is 14.2 Å². The fourth-order valence-electron chi connectivity index (χ4n) is 2.75. The van der Waals surface area contributed by atoms with Crippen molar-refractivity contribution in [2.75, 3.05) is 46.9 Å². The zero-order valence-electron chi connectivity index (χ0n) is 13.4. The first kappa shape index (κ1) is 17.0. The molecule has 1 aromatic carbocycles. The van der Waals surface area contributed by atoms with Gasteiger partial charge in [0.15, 0.2) is 11.5 Å². The molecule has 1 fully saturated rings. The Hall–Kier alpha value is -1.40. The van der Waals surface area contributed by atoms with Gasteiger partial charge in [-0.2, -0.15) is 0 Å². The van der Waals surface area contributed by atoms with Gasteiger partial charge in [-0.1, -0.05) is 0 Å². The molecule has 2 rings (SSSR count). The van der Waals surface area contributed by atoms with Crippen LogP contribution in [-0.2, 0) is 12.3 Å². The van der Waals surface area contributed by atoms with Crippen LogP contribution in [0.2, 0.25) is 0 Å². The Labute approximate surface area is 130 Å². The van der Waals surface area contributed by atoms with Gasteiger partial charge >= 0.3 is 0 Å². The maximum absolute atomic E-state index is 13.9. The van der Waals surface area contributed by atoms with Gasteiger partial charge in [0.1, 0.15) is 0 Å². The molecule has 124 valence electrons. The molecular weight excluding hydrogens is 290 g/mol. The molecule has 0 saturated carbocycles. The number of benzene rings is 1. The van der Waals surface area contributed by atoms with Crippen LogP contribution in [0.4, 0.5) is 8.78 Å². The number of halogens is 2. The minimum absolute atomic E-state index is 0.0142. The van der Waals surface area contributed by atoms with Crippen molar-refractivity contribution in [3.63, 3.8) is 0 Å². The minimum atomic E-state index is -2.90. The monoisotopic (exact) mass is 314 g/mol. The van der Waals surface area contributed by atoms with Gasteiger partial charge in [-0.3, -0.25) is 0 Å². The molecule has 0 radical (unpaired) electrons. The van der Waals surface area contributed by atoms with Crippen molar-refractivity contribution in [2.45, 2.75) is 19.3 Å². The standard InChI is InChI=1S/C16H24F2N2O2/c1-16(17,18)13-11-15(22-3)14(21-2)10-12(13)4-7-20-8-5-19-6-9-20/h10-11,19H,4-9H2,1-3H3. The summed E-state index contributed by atoms with van der Waals surface area (Å²) in [5, 5.41) is 3.28. The zero-order valence-corrected chi connectivity index (χ0v) is 13.4. The van der Waals surface area contributed by atoms with Crippen molar-refractivity contribution in [3.8, 4) is 11.5 Å². The maximum Gasteiger partial charge on any atom is 0.270 e. The van der Waals surface area contributed by atoms with Crippen LogP contribution in [0.5, 0.6) is 11.5 Å². The maximum atomic E-state index is 13.9. The van der Waals surface area contributed by atoms with Crippen molar-refractivity contribution in [1.29, 1.82) is 0 Å². The summed E-state index contributed by atoms with van der Waals surface area (Å²) in [4.78, 5) is 2.28. The van der Waals surface area contributed by atoms with E-state index < -0.39 is 5.92 Å². The van der Waals surface area contributed by atoms with Gasteiger partial charge in [0, 0.05) is 45.2 Å². The molecular formula is C16H24F2N2O2. The number of alkyl halides is 2. The number of rotatable bonds is 6. The second-order valence-electron chi connectivity index (χ2n) is 5.59. The van der Waals surface area contributed by atoms with Crippen LogP contribution >= 0.6 is 0 Å². The smallest absolute Gasteiger partial charge is 0.270 e. The molecule has 1 aliphatic rings. The molecule has 0 aliphatic carbocycles. The molecule has 0 spiro atoms. The van der Waals surface area contributed by atoms with Gasteiger partial charge in [0.25, 0.3) is 5.92 Å². The summed E-state index contributed by atoms with van der Waals surface area (Å²) in [7, 11) is 2.97. The summed E-state index contributed by atoms with van der Waals surface area (Å²) < 4.78 is 38.2. The zero-order chi connectivity index (χ0) is 16.2. The highest BCUT2D eigenvalue weighted by molar-refractivity contribution is 5.49. The Kier molecular flexibility index (Phi) is 5.58. The van der Waals surface area contributed by atoms with Crippen molar-refractivity contribution >= 4 is 0 Å². The predicted octanol–water partition coefficient (Wildman–Crippen LogP) is 2.26. The molecule has 4 nitrogen and oxygen atoms in total. The lowest BCUT2D eigenvalue weighted by atomic mass is 9.98. The number of hydrogen-bond donors (Lipinski definition) is 1. The highest BCUT2D eigenvalue weighted by Crippen LogP contribution is 2.38. The first-order chi connectivity index (χ1) is 10.5. The van der Waals surface area contributed by atoms with Crippen LogP contribution in [0, 0.1) is 0 Å². The number of ether oxygens (including phenoxy) is 2. The van der Waals surface area contributed by atoms with Gasteiger partial charge in [0.2, 0.25) is 0 Å². The van der Waals surface area contributed by atoms with E-state index in [1.807, 2.05) is 0 Å². The molecule has 0 amide bonds. The first-order valence-electron chi connectivity index (χ1n) is 7.52. The molecule has 1 heterocycles. The molecule has 1 aliphatic heterocycles. The topological polar surface area (TPSA) is 33.7 Å². The fraction of sp³-hybridized carbons (Fsp3) is 0.625. The van der Waals surface area contributed by atoms with Gasteiger partial charge in [-0.15, -0.1) is 0 Å². The fourth-order valence-corrected chi connectivity index (χ4v) is 2.75. The van der Waals surface area contributed by atoms with E-state index in [4.69, 9.17) is 9.47 Å². The molecule has 22 heavy (non-hydrogen) atoms. The van der Waals surface area contributed by atoms with Crippen LogP contribution in [0.1, 0.15) is 18.1 Å². The Bertz CT molecular complexity index is 498. The summed E-state index contributed by atoms with van der Waals surface area (Å²) in [5.41, 5.74) is 0.629. The van der Waals surface area contributed by atoms with E-state index in [-0.39, 0.29) is 5.56 Å². The lowest BCUT2D eigenvalue weighted by Crippen LogP contribution is -2.44. The Morgan fingerprint density at radius 1 is 1.14 bits per heavy atom. The molecule has 1 saturated heterocycles. The first-order valence-corrected chi connectivity index (χ1v) is 7.52. The Balaban J connectivity index is 2.23. The van der Waals surface area contributed by atoms with Crippen LogP contribution in [0.15, 0.2) is 12.1 Å². The third-order valence-corrected chi connectivity index (χ3v) is 3.99. The van der Waals surface area contributed by atoms with Crippen LogP contribution < -0.4 is 14.8 Å². The van der Waals surface area contributed by atoms with Crippen molar-refractivity contribution in [3.05, 3.63) is 23.3 Å². The third-order valence-electron chi connectivity index (χ3n) is 3.99. The normalized spacial score (nSPS) is 16.6. The summed E-state index contributed by atoms with van der Waals surface area (Å²) in [6.07, 6.45) is 0.569. The highest BCUT2D eigenvalue weighted by Gasteiger charge is 2.29. The van der Waals surface area contributed by atoms with E-state index in [9.17, 15) is 8.78 Å². The van der Waals surface area contributed by atoms with Gasteiger partial charge < -0.3 is 19.7 Å². The van der Waals surface area contributed by atoms with Crippen molar-refractivity contribution in [2.24, 2.45) is 0 Å². The molecule has 0 aromatic heterocycles. The molecule has 1 aromatic rings. The molecule has 0 bridgehead atoms. The van der Waals surface area contributed by atoms with E-state index in [1.54, 1.807) is 6.07 Å². The lowest BCUT2D eigenvalue weighted by molar-refractivity contribution is 0.0161. The predicted molar refractivity (Wildman–Crippen MR) is 82.1 cm³/mol. The number of hydrogen-bond acceptors (Lipinski definition) is 4. The second-order valence-corrected chi connectivity index (χ2v) is 5.59. The van der Waals surface area contributed by atoms with Crippen LogP contribution in [-0.4, -0.2) is 51.8 Å². The third kappa shape index (κ3) is 4.08. The Morgan fingerprint density at radius 2 is 1.73 bits per heavy atom. The number of nitrogens with one attached hydrogen (secondary N) is 1.